The Balaban J connectivity index is 3.14. The fourth-order valence-corrected chi connectivity index (χ4v) is 4.06. The first-order chi connectivity index (χ1) is 17.8. The van der Waals surface area contributed by atoms with Crippen molar-refractivity contribution in [3.05, 3.63) is 23.8 Å². The number of aliphatic hydroxyl groups is 1. The van der Waals surface area contributed by atoms with Crippen LogP contribution in [0, 0.1) is 11.8 Å². The Labute approximate surface area is 229 Å². The summed E-state index contributed by atoms with van der Waals surface area (Å²) in [6.07, 6.45) is 1.14. The quantitative estimate of drug-likeness (QED) is 0.223. The van der Waals surface area contributed by atoms with Crippen LogP contribution in [0.25, 0.3) is 0 Å². The van der Waals surface area contributed by atoms with Gasteiger partial charge < -0.3 is 34.3 Å². The number of ether oxygens (including phenoxy) is 4. The smallest absolute Gasteiger partial charge is 0.407 e. The van der Waals surface area contributed by atoms with Gasteiger partial charge in [0, 0.05) is 32.7 Å². The Morgan fingerprint density at radius 2 is 1.79 bits per heavy atom. The van der Waals surface area contributed by atoms with E-state index in [9.17, 15) is 14.7 Å². The Hall–Kier alpha value is -2.52. The monoisotopic (exact) mass is 538 g/mol. The van der Waals surface area contributed by atoms with Gasteiger partial charge in [-0.1, -0.05) is 19.9 Å². The normalized spacial score (nSPS) is 14.1. The molecule has 1 aromatic rings. The average molecular weight is 539 g/mol. The van der Waals surface area contributed by atoms with E-state index in [1.807, 2.05) is 32.0 Å². The van der Waals surface area contributed by atoms with Gasteiger partial charge in [-0.15, -0.1) is 0 Å². The molecular weight excluding hydrogens is 488 g/mol. The van der Waals surface area contributed by atoms with Crippen LogP contribution in [0.15, 0.2) is 18.2 Å². The van der Waals surface area contributed by atoms with Crippen LogP contribution >= 0.6 is 0 Å². The van der Waals surface area contributed by atoms with E-state index in [0.717, 1.165) is 18.4 Å². The minimum absolute atomic E-state index is 0.0770. The van der Waals surface area contributed by atoms with Gasteiger partial charge in [-0.05, 0) is 77.0 Å². The maximum atomic E-state index is 12.7. The maximum absolute atomic E-state index is 12.7. The molecule has 218 valence electrons. The highest BCUT2D eigenvalue weighted by Gasteiger charge is 2.30. The minimum atomic E-state index is -0.966. The molecule has 2 amide bonds. The van der Waals surface area contributed by atoms with E-state index in [2.05, 4.69) is 19.2 Å². The molecule has 38 heavy (non-hydrogen) atoms. The Morgan fingerprint density at radius 3 is 2.32 bits per heavy atom. The van der Waals surface area contributed by atoms with E-state index in [0.29, 0.717) is 37.6 Å². The first-order valence-electron chi connectivity index (χ1n) is 13.5. The molecule has 1 rings (SSSR count). The van der Waals surface area contributed by atoms with Crippen molar-refractivity contribution in [3.63, 3.8) is 0 Å². The number of benzene rings is 1. The summed E-state index contributed by atoms with van der Waals surface area (Å²) in [6.45, 7) is 14.6. The van der Waals surface area contributed by atoms with Crippen molar-refractivity contribution in [2.45, 2.75) is 91.5 Å². The van der Waals surface area contributed by atoms with Gasteiger partial charge in [0.1, 0.15) is 5.60 Å². The summed E-state index contributed by atoms with van der Waals surface area (Å²) in [7, 11) is 3.27. The van der Waals surface area contributed by atoms with Gasteiger partial charge in [-0.2, -0.15) is 0 Å². The number of alkyl carbamates (subject to hydrolysis) is 1. The van der Waals surface area contributed by atoms with Gasteiger partial charge in [0.2, 0.25) is 6.41 Å². The van der Waals surface area contributed by atoms with E-state index in [4.69, 9.17) is 18.9 Å². The summed E-state index contributed by atoms with van der Waals surface area (Å²) >= 11 is 0. The molecule has 9 heteroatoms. The van der Waals surface area contributed by atoms with Gasteiger partial charge in [0.05, 0.1) is 25.9 Å². The highest BCUT2D eigenvalue weighted by Crippen LogP contribution is 2.31. The molecule has 0 spiro atoms. The number of methoxy groups -OCH3 is 2. The molecule has 0 heterocycles. The summed E-state index contributed by atoms with van der Waals surface area (Å²) in [5, 5.41) is 14.0. The second-order valence-corrected chi connectivity index (χ2v) is 11.3. The van der Waals surface area contributed by atoms with E-state index in [1.54, 1.807) is 35.0 Å². The average Bonchev–Trinajstić information content (AvgIpc) is 2.82. The summed E-state index contributed by atoms with van der Waals surface area (Å²) in [5.41, 5.74) is 0.389. The number of rotatable bonds is 17. The molecule has 0 bridgehead atoms. The fraction of sp³-hybridized carbons (Fsp3) is 0.724. The zero-order valence-corrected chi connectivity index (χ0v) is 24.8. The summed E-state index contributed by atoms with van der Waals surface area (Å²) in [6, 6.07) is 5.21. The Kier molecular flexibility index (Phi) is 14.5. The second kappa shape index (κ2) is 16.4. The SMILES string of the molecule is COCCCOc1cc(C[C@@H](C[C@H](NC(=O)OC(C)(C)C)[C@@H](O)CN(C=O)C(C)C)C(C)C)ccc1OC. The highest BCUT2D eigenvalue weighted by atomic mass is 16.6. The van der Waals surface area contributed by atoms with Crippen LogP contribution in [0.5, 0.6) is 11.5 Å². The van der Waals surface area contributed by atoms with Crippen LogP contribution in [0.2, 0.25) is 0 Å². The van der Waals surface area contributed by atoms with Crippen molar-refractivity contribution in [2.75, 3.05) is 34.0 Å². The van der Waals surface area contributed by atoms with E-state index >= 15 is 0 Å². The van der Waals surface area contributed by atoms with Crippen LogP contribution in [0.1, 0.15) is 66.9 Å². The summed E-state index contributed by atoms with van der Waals surface area (Å²) in [5.74, 6) is 1.70. The minimum Gasteiger partial charge on any atom is -0.493 e. The molecule has 3 atom stereocenters. The number of nitrogens with zero attached hydrogens (tertiary/aromatic N) is 1. The molecule has 0 aliphatic carbocycles. The molecule has 0 aromatic heterocycles. The van der Waals surface area contributed by atoms with E-state index < -0.39 is 23.8 Å². The zero-order chi connectivity index (χ0) is 28.9. The van der Waals surface area contributed by atoms with Crippen molar-refractivity contribution < 1.29 is 33.6 Å². The van der Waals surface area contributed by atoms with Crippen LogP contribution in [0.4, 0.5) is 4.79 Å². The topological polar surface area (TPSA) is 107 Å². The molecule has 2 N–H and O–H groups in total. The lowest BCUT2D eigenvalue weighted by Gasteiger charge is -2.33. The van der Waals surface area contributed by atoms with Crippen LogP contribution < -0.4 is 14.8 Å². The first-order valence-corrected chi connectivity index (χ1v) is 13.5. The third kappa shape index (κ3) is 12.3. The summed E-state index contributed by atoms with van der Waals surface area (Å²) < 4.78 is 22.0. The van der Waals surface area contributed by atoms with Crippen LogP contribution in [0.3, 0.4) is 0 Å². The Bertz CT molecular complexity index is 839. The van der Waals surface area contributed by atoms with Gasteiger partial charge in [0.15, 0.2) is 11.5 Å². The van der Waals surface area contributed by atoms with Gasteiger partial charge in [-0.25, -0.2) is 4.79 Å². The number of amides is 2. The van der Waals surface area contributed by atoms with Crippen molar-refractivity contribution in [1.82, 2.24) is 10.2 Å². The third-order valence-electron chi connectivity index (χ3n) is 6.34. The predicted octanol–water partition coefficient (Wildman–Crippen LogP) is 4.44. The standard InChI is InChI=1S/C29H50N2O7/c1-20(2)23(15-22-11-12-26(36-9)27(16-22)37-14-10-13-35-8)17-24(30-28(34)38-29(5,6)7)25(33)18-31(19-32)21(3)4/h11-12,16,19-21,23-25,33H,10,13-15,17-18H2,1-9H3,(H,30,34)/t23-,24-,25-/m0/s1. The zero-order valence-electron chi connectivity index (χ0n) is 24.8. The van der Waals surface area contributed by atoms with Crippen molar-refractivity contribution in [2.24, 2.45) is 11.8 Å². The number of nitrogens with one attached hydrogen (secondary N) is 1. The molecule has 0 unspecified atom stereocenters. The number of carbonyl (C=O) groups is 2. The number of hydrogen-bond acceptors (Lipinski definition) is 7. The molecular formula is C29H50N2O7. The second-order valence-electron chi connectivity index (χ2n) is 11.3. The molecule has 9 nitrogen and oxygen atoms in total. The van der Waals surface area contributed by atoms with Gasteiger partial charge in [0.25, 0.3) is 0 Å². The van der Waals surface area contributed by atoms with Crippen molar-refractivity contribution >= 4 is 12.5 Å². The number of aliphatic hydroxyl groups excluding tert-OH is 1. The lowest BCUT2D eigenvalue weighted by molar-refractivity contribution is -0.121. The maximum Gasteiger partial charge on any atom is 0.407 e. The molecule has 0 saturated carbocycles. The summed E-state index contributed by atoms with van der Waals surface area (Å²) in [4.78, 5) is 25.7. The Morgan fingerprint density at radius 1 is 1.11 bits per heavy atom. The predicted molar refractivity (Wildman–Crippen MR) is 149 cm³/mol. The molecule has 0 radical (unpaired) electrons. The fourth-order valence-electron chi connectivity index (χ4n) is 4.06. The van der Waals surface area contributed by atoms with E-state index in [1.165, 1.54) is 4.90 Å². The molecule has 1 aromatic carbocycles. The van der Waals surface area contributed by atoms with Crippen LogP contribution in [-0.4, -0.2) is 80.3 Å². The molecule has 0 aliphatic rings. The van der Waals surface area contributed by atoms with Crippen LogP contribution in [-0.2, 0) is 20.7 Å². The first kappa shape index (κ1) is 33.5. The lowest BCUT2D eigenvalue weighted by Crippen LogP contribution is -2.51. The van der Waals surface area contributed by atoms with Crippen molar-refractivity contribution in [1.29, 1.82) is 0 Å². The van der Waals surface area contributed by atoms with Gasteiger partial charge in [-0.3, -0.25) is 4.79 Å². The van der Waals surface area contributed by atoms with Crippen molar-refractivity contribution in [3.8, 4) is 11.5 Å². The van der Waals surface area contributed by atoms with Gasteiger partial charge >= 0.3 is 6.09 Å². The molecule has 0 fully saturated rings. The number of hydrogen-bond donors (Lipinski definition) is 2. The lowest BCUT2D eigenvalue weighted by atomic mass is 9.83. The molecule has 0 saturated heterocycles. The molecule has 0 aliphatic heterocycles. The largest absolute Gasteiger partial charge is 0.493 e. The van der Waals surface area contributed by atoms with E-state index in [-0.39, 0.29) is 24.4 Å². The number of carbonyl (C=O) groups excluding carboxylic acids is 2. The third-order valence-corrected chi connectivity index (χ3v) is 6.34. The highest BCUT2D eigenvalue weighted by molar-refractivity contribution is 5.68.